The molecule has 0 bridgehead atoms. The summed E-state index contributed by atoms with van der Waals surface area (Å²) in [5.41, 5.74) is 0. The van der Waals surface area contributed by atoms with Gasteiger partial charge in [0.05, 0.1) is 0 Å². The molecule has 0 aliphatic carbocycles. The molecule has 0 aliphatic rings. The van der Waals surface area contributed by atoms with Gasteiger partial charge in [-0.25, -0.2) is 0 Å². The molecular weight excluding hydrogens is 118 g/mol. The topological polar surface area (TPSA) is 52.5 Å². The van der Waals surface area contributed by atoms with E-state index in [4.69, 9.17) is 10.2 Å². The first-order chi connectivity index (χ1) is 4.33. The fourth-order valence-corrected chi connectivity index (χ4v) is 0.224. The Kier molecular flexibility index (Phi) is 20.3. The lowest BCUT2D eigenvalue weighted by atomic mass is 10.3. The maximum atomic E-state index is 8.09. The van der Waals surface area contributed by atoms with E-state index in [1.807, 2.05) is 14.1 Å². The average Bonchev–Trinajstić information content (AvgIpc) is 1.86. The van der Waals surface area contributed by atoms with Crippen molar-refractivity contribution in [3.05, 3.63) is 0 Å². The molecule has 0 aromatic carbocycles. The van der Waals surface area contributed by atoms with Gasteiger partial charge < -0.3 is 15.5 Å². The van der Waals surface area contributed by atoms with Gasteiger partial charge >= 0.3 is 0 Å². The highest BCUT2D eigenvalue weighted by atomic mass is 16.3. The van der Waals surface area contributed by atoms with E-state index in [2.05, 4.69) is 5.32 Å². The maximum absolute atomic E-state index is 8.09. The van der Waals surface area contributed by atoms with Crippen molar-refractivity contribution >= 4 is 0 Å². The number of nitrogens with one attached hydrogen (secondary N) is 1. The molecule has 3 heteroatoms. The number of rotatable bonds is 3. The summed E-state index contributed by atoms with van der Waals surface area (Å²) < 4.78 is 0. The van der Waals surface area contributed by atoms with Gasteiger partial charge in [-0.2, -0.15) is 0 Å². The SMILES string of the molecule is CNC.OCCCCO. The fraction of sp³-hybridized carbons (Fsp3) is 1.00. The van der Waals surface area contributed by atoms with Crippen LogP contribution in [0.3, 0.4) is 0 Å². The van der Waals surface area contributed by atoms with Crippen LogP contribution in [0.5, 0.6) is 0 Å². The van der Waals surface area contributed by atoms with E-state index < -0.39 is 0 Å². The molecule has 0 aromatic rings. The van der Waals surface area contributed by atoms with Crippen LogP contribution in [0, 0.1) is 0 Å². The second-order valence-electron chi connectivity index (χ2n) is 1.65. The van der Waals surface area contributed by atoms with Gasteiger partial charge in [-0.3, -0.25) is 0 Å². The molecular formula is C6H17NO2. The van der Waals surface area contributed by atoms with Crippen LogP contribution in [-0.2, 0) is 0 Å². The molecule has 3 nitrogen and oxygen atoms in total. The second kappa shape index (κ2) is 15.7. The van der Waals surface area contributed by atoms with Gasteiger partial charge in [0.15, 0.2) is 0 Å². The summed E-state index contributed by atoms with van der Waals surface area (Å²) in [6.07, 6.45) is 1.44. The first kappa shape index (κ1) is 11.6. The summed E-state index contributed by atoms with van der Waals surface area (Å²) in [6.45, 7) is 0.390. The molecule has 0 fully saturated rings. The Hall–Kier alpha value is -0.120. The zero-order chi connectivity index (χ0) is 7.54. The van der Waals surface area contributed by atoms with Crippen molar-refractivity contribution in [3.63, 3.8) is 0 Å². The largest absolute Gasteiger partial charge is 0.396 e. The lowest BCUT2D eigenvalue weighted by Gasteiger charge is -1.85. The van der Waals surface area contributed by atoms with Crippen molar-refractivity contribution in [1.82, 2.24) is 5.32 Å². The van der Waals surface area contributed by atoms with Gasteiger partial charge in [0, 0.05) is 13.2 Å². The molecule has 0 spiro atoms. The van der Waals surface area contributed by atoms with Crippen LogP contribution in [-0.4, -0.2) is 37.5 Å². The van der Waals surface area contributed by atoms with Crippen LogP contribution < -0.4 is 5.32 Å². The first-order valence-corrected chi connectivity index (χ1v) is 3.13. The highest BCUT2D eigenvalue weighted by Crippen LogP contribution is 1.80. The predicted octanol–water partition coefficient (Wildman–Crippen LogP) is -0.413. The van der Waals surface area contributed by atoms with E-state index in [1.165, 1.54) is 0 Å². The number of aliphatic hydroxyl groups excluding tert-OH is 2. The van der Waals surface area contributed by atoms with Crippen molar-refractivity contribution in [2.75, 3.05) is 27.3 Å². The molecule has 0 amide bonds. The third kappa shape index (κ3) is 32.8. The van der Waals surface area contributed by atoms with Crippen molar-refractivity contribution < 1.29 is 10.2 Å². The maximum Gasteiger partial charge on any atom is 0.0431 e. The van der Waals surface area contributed by atoms with Crippen molar-refractivity contribution in [1.29, 1.82) is 0 Å². The molecule has 0 rings (SSSR count). The van der Waals surface area contributed by atoms with E-state index >= 15 is 0 Å². The van der Waals surface area contributed by atoms with Crippen LogP contribution in [0.2, 0.25) is 0 Å². The van der Waals surface area contributed by atoms with Crippen LogP contribution in [0.25, 0.3) is 0 Å². The normalized spacial score (nSPS) is 8.00. The molecule has 0 aromatic heterocycles. The van der Waals surface area contributed by atoms with Crippen LogP contribution in [0.15, 0.2) is 0 Å². The minimum Gasteiger partial charge on any atom is -0.396 e. The number of aliphatic hydroxyl groups is 2. The highest BCUT2D eigenvalue weighted by molar-refractivity contribution is 4.30. The zero-order valence-corrected chi connectivity index (χ0v) is 6.22. The van der Waals surface area contributed by atoms with E-state index in [0.29, 0.717) is 0 Å². The standard InChI is InChI=1S/C4H10O2.C2H7N/c5-3-1-2-4-6;1-3-2/h5-6H,1-4H2;3H,1-2H3. The van der Waals surface area contributed by atoms with Crippen LogP contribution in [0.1, 0.15) is 12.8 Å². The summed E-state index contributed by atoms with van der Waals surface area (Å²) >= 11 is 0. The van der Waals surface area contributed by atoms with Gasteiger partial charge in [0.25, 0.3) is 0 Å². The lowest BCUT2D eigenvalue weighted by Crippen LogP contribution is -1.89. The van der Waals surface area contributed by atoms with Gasteiger partial charge in [-0.15, -0.1) is 0 Å². The van der Waals surface area contributed by atoms with E-state index in [0.717, 1.165) is 12.8 Å². The minimum absolute atomic E-state index is 0.195. The molecule has 0 atom stereocenters. The van der Waals surface area contributed by atoms with Crippen molar-refractivity contribution in [2.45, 2.75) is 12.8 Å². The summed E-state index contributed by atoms with van der Waals surface area (Å²) in [5.74, 6) is 0. The first-order valence-electron chi connectivity index (χ1n) is 3.13. The fourth-order valence-electron chi connectivity index (χ4n) is 0.224. The van der Waals surface area contributed by atoms with Crippen LogP contribution in [0.4, 0.5) is 0 Å². The molecule has 3 N–H and O–H groups in total. The Morgan fingerprint density at radius 1 is 1.00 bits per heavy atom. The quantitative estimate of drug-likeness (QED) is 0.461. The number of hydrogen-bond acceptors (Lipinski definition) is 3. The molecule has 0 heterocycles. The van der Waals surface area contributed by atoms with Crippen molar-refractivity contribution in [2.24, 2.45) is 0 Å². The van der Waals surface area contributed by atoms with Crippen molar-refractivity contribution in [3.8, 4) is 0 Å². The molecule has 0 radical (unpaired) electrons. The monoisotopic (exact) mass is 135 g/mol. The lowest BCUT2D eigenvalue weighted by molar-refractivity contribution is 0.242. The Morgan fingerprint density at radius 3 is 1.33 bits per heavy atom. The Labute approximate surface area is 56.7 Å². The van der Waals surface area contributed by atoms with Crippen LogP contribution >= 0.6 is 0 Å². The Morgan fingerprint density at radius 2 is 1.22 bits per heavy atom. The summed E-state index contributed by atoms with van der Waals surface area (Å²) in [5, 5.41) is 18.9. The molecule has 0 unspecified atom stereocenters. The molecule has 0 saturated heterocycles. The third-order valence-electron chi connectivity index (χ3n) is 0.566. The van der Waals surface area contributed by atoms with E-state index in [1.54, 1.807) is 0 Å². The molecule has 0 saturated carbocycles. The summed E-state index contributed by atoms with van der Waals surface area (Å²) in [7, 11) is 3.75. The number of hydrogen-bond donors (Lipinski definition) is 3. The van der Waals surface area contributed by atoms with E-state index in [9.17, 15) is 0 Å². The third-order valence-corrected chi connectivity index (χ3v) is 0.566. The Bertz CT molecular complexity index is 30.2. The zero-order valence-electron chi connectivity index (χ0n) is 6.22. The van der Waals surface area contributed by atoms with Gasteiger partial charge in [-0.05, 0) is 26.9 Å². The number of unbranched alkanes of at least 4 members (excludes halogenated alkanes) is 1. The highest BCUT2D eigenvalue weighted by Gasteiger charge is 1.77. The predicted molar refractivity (Wildman–Crippen MR) is 38.4 cm³/mol. The smallest absolute Gasteiger partial charge is 0.0431 e. The van der Waals surface area contributed by atoms with Gasteiger partial charge in [-0.1, -0.05) is 0 Å². The second-order valence-corrected chi connectivity index (χ2v) is 1.65. The molecule has 9 heavy (non-hydrogen) atoms. The minimum atomic E-state index is 0.195. The Balaban J connectivity index is 0. The molecule has 58 valence electrons. The summed E-state index contributed by atoms with van der Waals surface area (Å²) in [6, 6.07) is 0. The van der Waals surface area contributed by atoms with Gasteiger partial charge in [0.1, 0.15) is 0 Å². The summed E-state index contributed by atoms with van der Waals surface area (Å²) in [4.78, 5) is 0. The molecule has 0 aliphatic heterocycles. The van der Waals surface area contributed by atoms with E-state index in [-0.39, 0.29) is 13.2 Å². The van der Waals surface area contributed by atoms with Gasteiger partial charge in [0.2, 0.25) is 0 Å². The average molecular weight is 135 g/mol.